The number of nitrogens with zero attached hydrogens (tertiary/aromatic N) is 3. The normalized spacial score (nSPS) is 16.5. The Morgan fingerprint density at radius 3 is 2.62 bits per heavy atom. The number of aromatic nitrogens is 1. The van der Waals surface area contributed by atoms with E-state index in [9.17, 15) is 19.3 Å². The average molecular weight is 434 g/mol. The molecule has 1 aromatic heterocycles. The summed E-state index contributed by atoms with van der Waals surface area (Å²) in [4.78, 5) is 30.9. The molecule has 3 aromatic rings. The van der Waals surface area contributed by atoms with E-state index >= 15 is 0 Å². The van der Waals surface area contributed by atoms with Crippen LogP contribution < -0.4 is 4.90 Å². The number of likely N-dealkylation sites (tertiary alicyclic amines) is 1. The van der Waals surface area contributed by atoms with E-state index in [1.807, 2.05) is 6.20 Å². The Hall–Kier alpha value is -3.68. The molecule has 2 aliphatic rings. The lowest BCUT2D eigenvalue weighted by Gasteiger charge is -2.29. The highest BCUT2D eigenvalue weighted by atomic mass is 19.1. The van der Waals surface area contributed by atoms with Crippen molar-refractivity contribution in [3.63, 3.8) is 0 Å². The van der Waals surface area contributed by atoms with Crippen LogP contribution in [0, 0.1) is 15.9 Å². The highest BCUT2D eigenvalue weighted by Gasteiger charge is 2.28. The molecule has 8 heteroatoms. The number of benzene rings is 2. The lowest BCUT2D eigenvalue weighted by atomic mass is 9.98. The van der Waals surface area contributed by atoms with E-state index in [2.05, 4.69) is 16.0 Å². The van der Waals surface area contributed by atoms with Gasteiger partial charge in [-0.25, -0.2) is 4.39 Å². The molecule has 2 aliphatic heterocycles. The molecule has 1 amide bonds. The molecule has 32 heavy (non-hydrogen) atoms. The van der Waals surface area contributed by atoms with Crippen molar-refractivity contribution >= 4 is 33.8 Å². The molecule has 0 aliphatic carbocycles. The second kappa shape index (κ2) is 8.11. The zero-order chi connectivity index (χ0) is 22.2. The fraction of sp³-hybridized carbons (Fsp3) is 0.292. The van der Waals surface area contributed by atoms with Crippen LogP contribution in [0.4, 0.5) is 15.8 Å². The second-order valence-electron chi connectivity index (χ2n) is 8.28. The first-order valence-electron chi connectivity index (χ1n) is 10.8. The minimum atomic E-state index is -0.485. The van der Waals surface area contributed by atoms with Crippen molar-refractivity contribution in [1.29, 1.82) is 0 Å². The molecule has 0 radical (unpaired) electrons. The number of anilines is 1. The lowest BCUT2D eigenvalue weighted by molar-refractivity contribution is -0.385. The van der Waals surface area contributed by atoms with E-state index in [1.54, 1.807) is 23.1 Å². The summed E-state index contributed by atoms with van der Waals surface area (Å²) in [5.41, 5.74) is 3.81. The Balaban J connectivity index is 1.41. The largest absolute Gasteiger partial charge is 0.367 e. The molecule has 5 rings (SSSR count). The first-order chi connectivity index (χ1) is 15.5. The van der Waals surface area contributed by atoms with Crippen molar-refractivity contribution in [1.82, 2.24) is 9.88 Å². The SMILES string of the molecule is O=C(c1cc(N2CC=C(c3c[nH]c4cc(F)ccc34)CC2)ccc1[N+](=O)[O-])N1CCCC1. The number of nitro groups is 1. The topological polar surface area (TPSA) is 82.5 Å². The summed E-state index contributed by atoms with van der Waals surface area (Å²) in [6, 6.07) is 9.55. The van der Waals surface area contributed by atoms with Gasteiger partial charge in [-0.15, -0.1) is 0 Å². The summed E-state index contributed by atoms with van der Waals surface area (Å²) in [7, 11) is 0. The van der Waals surface area contributed by atoms with Crippen LogP contribution in [0.2, 0.25) is 0 Å². The Kier molecular flexibility index (Phi) is 5.13. The zero-order valence-corrected chi connectivity index (χ0v) is 17.5. The number of H-pyrrole nitrogens is 1. The molecule has 7 nitrogen and oxygen atoms in total. The number of carbonyl (C=O) groups excluding carboxylic acids is 1. The van der Waals surface area contributed by atoms with Crippen molar-refractivity contribution in [2.24, 2.45) is 0 Å². The van der Waals surface area contributed by atoms with Gasteiger partial charge in [0.2, 0.25) is 0 Å². The van der Waals surface area contributed by atoms with Gasteiger partial charge in [0, 0.05) is 60.6 Å². The maximum absolute atomic E-state index is 13.5. The summed E-state index contributed by atoms with van der Waals surface area (Å²) >= 11 is 0. The van der Waals surface area contributed by atoms with Crippen LogP contribution in [0.25, 0.3) is 16.5 Å². The molecule has 1 fully saturated rings. The Labute approximate surface area is 184 Å². The van der Waals surface area contributed by atoms with E-state index in [4.69, 9.17) is 0 Å². The van der Waals surface area contributed by atoms with E-state index in [0.29, 0.717) is 19.6 Å². The highest BCUT2D eigenvalue weighted by molar-refractivity contribution is 5.99. The van der Waals surface area contributed by atoms with Crippen LogP contribution in [0.5, 0.6) is 0 Å². The van der Waals surface area contributed by atoms with Gasteiger partial charge in [-0.2, -0.15) is 0 Å². The highest BCUT2D eigenvalue weighted by Crippen LogP contribution is 2.33. The number of hydrogen-bond donors (Lipinski definition) is 1. The summed E-state index contributed by atoms with van der Waals surface area (Å²) in [6.07, 6.45) is 6.67. The van der Waals surface area contributed by atoms with Crippen molar-refractivity contribution in [3.05, 3.63) is 75.7 Å². The number of hydrogen-bond acceptors (Lipinski definition) is 4. The fourth-order valence-corrected chi connectivity index (χ4v) is 4.65. The van der Waals surface area contributed by atoms with Crippen LogP contribution in [-0.4, -0.2) is 46.9 Å². The standard InChI is InChI=1S/C24H23FN4O3/c25-17-3-5-19-21(15-26-22(19)13-17)16-7-11-27(12-8-16)18-4-6-23(29(31)32)20(14-18)24(30)28-9-1-2-10-28/h3-7,13-15,26H,1-2,8-12H2. The molecule has 3 heterocycles. The summed E-state index contributed by atoms with van der Waals surface area (Å²) in [5.74, 6) is -0.539. The molecule has 0 atom stereocenters. The molecule has 0 unspecified atom stereocenters. The van der Waals surface area contributed by atoms with Crippen LogP contribution in [0.1, 0.15) is 35.2 Å². The number of carbonyl (C=O) groups is 1. The van der Waals surface area contributed by atoms with Gasteiger partial charge in [0.1, 0.15) is 11.4 Å². The summed E-state index contributed by atoms with van der Waals surface area (Å²) in [6.45, 7) is 2.63. The second-order valence-corrected chi connectivity index (χ2v) is 8.28. The third kappa shape index (κ3) is 3.62. The van der Waals surface area contributed by atoms with Crippen molar-refractivity contribution in [2.75, 3.05) is 31.1 Å². The predicted octanol–water partition coefficient (Wildman–Crippen LogP) is 4.74. The van der Waals surface area contributed by atoms with E-state index in [1.165, 1.54) is 23.8 Å². The summed E-state index contributed by atoms with van der Waals surface area (Å²) < 4.78 is 13.5. The van der Waals surface area contributed by atoms with Gasteiger partial charge < -0.3 is 14.8 Å². The molecule has 2 aromatic carbocycles. The number of amides is 1. The maximum atomic E-state index is 13.5. The number of halogens is 1. The van der Waals surface area contributed by atoms with E-state index in [-0.39, 0.29) is 23.0 Å². The molecular weight excluding hydrogens is 411 g/mol. The molecule has 164 valence electrons. The van der Waals surface area contributed by atoms with Gasteiger partial charge in [-0.1, -0.05) is 6.08 Å². The Bertz CT molecular complexity index is 1240. The maximum Gasteiger partial charge on any atom is 0.282 e. The third-order valence-corrected chi connectivity index (χ3v) is 6.36. The van der Waals surface area contributed by atoms with Gasteiger partial charge in [-0.05, 0) is 55.2 Å². The average Bonchev–Trinajstić information content (AvgIpc) is 3.48. The molecular formula is C24H23FN4O3. The quantitative estimate of drug-likeness (QED) is 0.475. The first-order valence-corrected chi connectivity index (χ1v) is 10.8. The van der Waals surface area contributed by atoms with Crippen LogP contribution in [0.15, 0.2) is 48.7 Å². The number of rotatable bonds is 4. The Morgan fingerprint density at radius 2 is 1.91 bits per heavy atom. The monoisotopic (exact) mass is 434 g/mol. The predicted molar refractivity (Wildman–Crippen MR) is 121 cm³/mol. The molecule has 0 spiro atoms. The third-order valence-electron chi connectivity index (χ3n) is 6.36. The van der Waals surface area contributed by atoms with Crippen molar-refractivity contribution < 1.29 is 14.1 Å². The number of aromatic amines is 1. The summed E-state index contributed by atoms with van der Waals surface area (Å²) in [5, 5.41) is 12.5. The minimum absolute atomic E-state index is 0.148. The van der Waals surface area contributed by atoms with Gasteiger partial charge in [0.25, 0.3) is 11.6 Å². The van der Waals surface area contributed by atoms with Gasteiger partial charge in [-0.3, -0.25) is 14.9 Å². The lowest BCUT2D eigenvalue weighted by Crippen LogP contribution is -2.30. The van der Waals surface area contributed by atoms with Gasteiger partial charge in [0.15, 0.2) is 0 Å². The van der Waals surface area contributed by atoms with Gasteiger partial charge >= 0.3 is 0 Å². The fourth-order valence-electron chi connectivity index (χ4n) is 4.65. The molecule has 0 saturated carbocycles. The molecule has 1 N–H and O–H groups in total. The van der Waals surface area contributed by atoms with Crippen LogP contribution >= 0.6 is 0 Å². The first kappa shape index (κ1) is 20.2. The number of nitrogens with one attached hydrogen (secondary N) is 1. The van der Waals surface area contributed by atoms with E-state index < -0.39 is 4.92 Å². The zero-order valence-electron chi connectivity index (χ0n) is 17.5. The van der Waals surface area contributed by atoms with Crippen molar-refractivity contribution in [3.8, 4) is 0 Å². The Morgan fingerprint density at radius 1 is 1.09 bits per heavy atom. The molecule has 1 saturated heterocycles. The minimum Gasteiger partial charge on any atom is -0.367 e. The number of fused-ring (bicyclic) bond motifs is 1. The van der Waals surface area contributed by atoms with E-state index in [0.717, 1.165) is 48.0 Å². The molecule has 0 bridgehead atoms. The van der Waals surface area contributed by atoms with Crippen LogP contribution in [-0.2, 0) is 0 Å². The number of nitro benzene ring substituents is 1. The van der Waals surface area contributed by atoms with Crippen LogP contribution in [0.3, 0.4) is 0 Å². The van der Waals surface area contributed by atoms with Gasteiger partial charge in [0.05, 0.1) is 4.92 Å². The van der Waals surface area contributed by atoms with Crippen molar-refractivity contribution in [2.45, 2.75) is 19.3 Å². The smallest absolute Gasteiger partial charge is 0.282 e.